The molecule has 0 radical (unpaired) electrons. The highest BCUT2D eigenvalue weighted by Gasteiger charge is 2.34. The van der Waals surface area contributed by atoms with Crippen LogP contribution in [0.1, 0.15) is 12.5 Å². The van der Waals surface area contributed by atoms with Gasteiger partial charge in [0.1, 0.15) is 11.9 Å². The lowest BCUT2D eigenvalue weighted by molar-refractivity contribution is -0.139. The topological polar surface area (TPSA) is 42.4 Å². The van der Waals surface area contributed by atoms with Crippen LogP contribution in [0.25, 0.3) is 0 Å². The molecular weight excluding hydrogens is 308 g/mol. The number of carbonyl (C=O) groups is 1. The maximum absolute atomic E-state index is 12.4. The molecule has 1 aliphatic heterocycles. The van der Waals surface area contributed by atoms with Gasteiger partial charge >= 0.3 is 0 Å². The summed E-state index contributed by atoms with van der Waals surface area (Å²) in [5, 5.41) is 0.742. The van der Waals surface area contributed by atoms with E-state index in [4.69, 9.17) is 4.74 Å². The van der Waals surface area contributed by atoms with Gasteiger partial charge in [-0.3, -0.25) is 4.79 Å². The Bertz CT molecular complexity index is 672. The van der Waals surface area contributed by atoms with Crippen LogP contribution >= 0.6 is 11.8 Å². The predicted octanol–water partition coefficient (Wildman–Crippen LogP) is 3.16. The van der Waals surface area contributed by atoms with Crippen LogP contribution in [0.2, 0.25) is 0 Å². The Morgan fingerprint density at radius 3 is 2.70 bits per heavy atom. The minimum atomic E-state index is -0.135. The molecule has 1 fully saturated rings. The maximum Gasteiger partial charge on any atom is 0.236 e. The zero-order chi connectivity index (χ0) is 16.2. The largest absolute Gasteiger partial charge is 0.486 e. The average molecular weight is 328 g/mol. The van der Waals surface area contributed by atoms with E-state index in [9.17, 15) is 4.79 Å². The smallest absolute Gasteiger partial charge is 0.236 e. The predicted molar refractivity (Wildman–Crippen MR) is 91.7 cm³/mol. The molecule has 1 aromatic heterocycles. The number of pyridine rings is 1. The molecule has 1 aromatic carbocycles. The number of benzene rings is 1. The number of nitrogens with zero attached hydrogens (tertiary/aromatic N) is 2. The Morgan fingerprint density at radius 1 is 1.26 bits per heavy atom. The molecule has 0 aliphatic carbocycles. The number of amides is 1. The van der Waals surface area contributed by atoms with Gasteiger partial charge in [-0.15, -0.1) is 0 Å². The van der Waals surface area contributed by atoms with Gasteiger partial charge in [-0.2, -0.15) is 0 Å². The third kappa shape index (κ3) is 3.85. The summed E-state index contributed by atoms with van der Waals surface area (Å²) in [5.41, 5.74) is 1.12. The van der Waals surface area contributed by atoms with Crippen molar-refractivity contribution in [2.45, 2.75) is 30.2 Å². The lowest BCUT2D eigenvalue weighted by Crippen LogP contribution is -2.57. The Hall–Kier alpha value is -2.01. The van der Waals surface area contributed by atoms with E-state index in [2.05, 4.69) is 4.98 Å². The number of para-hydroxylation sites is 1. The Morgan fingerprint density at radius 2 is 2.00 bits per heavy atom. The molecule has 3 rings (SSSR count). The summed E-state index contributed by atoms with van der Waals surface area (Å²) in [6, 6.07) is 13.7. The number of rotatable bonds is 5. The number of ether oxygens (including phenoxy) is 1. The van der Waals surface area contributed by atoms with Gasteiger partial charge in [0.05, 0.1) is 23.4 Å². The van der Waals surface area contributed by atoms with Crippen molar-refractivity contribution in [2.75, 3.05) is 13.1 Å². The van der Waals surface area contributed by atoms with Gasteiger partial charge in [-0.1, -0.05) is 36.0 Å². The van der Waals surface area contributed by atoms with Gasteiger partial charge in [0.15, 0.2) is 0 Å². The third-order valence-corrected chi connectivity index (χ3v) is 4.87. The Labute approximate surface area is 140 Å². The molecule has 2 heterocycles. The Kier molecular flexibility index (Phi) is 4.86. The van der Waals surface area contributed by atoms with E-state index in [-0.39, 0.29) is 17.3 Å². The number of thioether (sulfide) groups is 1. The first-order valence-electron chi connectivity index (χ1n) is 7.72. The second-order valence-electron chi connectivity index (χ2n) is 5.68. The fourth-order valence-corrected chi connectivity index (χ4v) is 3.36. The van der Waals surface area contributed by atoms with Crippen molar-refractivity contribution in [3.05, 3.63) is 54.2 Å². The number of likely N-dealkylation sites (tertiary alicyclic amines) is 1. The highest BCUT2D eigenvalue weighted by atomic mass is 32.2. The lowest BCUT2D eigenvalue weighted by atomic mass is 10.1. The zero-order valence-electron chi connectivity index (χ0n) is 13.3. The SMILES string of the molecule is Cc1ccccc1OC1CN(C(=O)[C@H](C)Sc2ccccn2)C1. The Balaban J connectivity index is 1.49. The van der Waals surface area contributed by atoms with E-state index in [1.165, 1.54) is 11.8 Å². The monoisotopic (exact) mass is 328 g/mol. The standard InChI is InChI=1S/C18H20N2O2S/c1-13-7-3-4-8-16(13)22-15-11-20(12-15)18(21)14(2)23-17-9-5-6-10-19-17/h3-10,14-15H,11-12H2,1-2H3/t14-/m0/s1. The number of aromatic nitrogens is 1. The number of aryl methyl sites for hydroxylation is 1. The zero-order valence-corrected chi connectivity index (χ0v) is 14.1. The van der Waals surface area contributed by atoms with Crippen molar-refractivity contribution in [3.63, 3.8) is 0 Å². The molecule has 5 heteroatoms. The second kappa shape index (κ2) is 7.04. The summed E-state index contributed by atoms with van der Waals surface area (Å²) in [5.74, 6) is 1.05. The van der Waals surface area contributed by atoms with E-state index in [0.29, 0.717) is 13.1 Å². The van der Waals surface area contributed by atoms with Crippen LogP contribution in [-0.2, 0) is 4.79 Å². The maximum atomic E-state index is 12.4. The molecule has 120 valence electrons. The summed E-state index contributed by atoms with van der Waals surface area (Å²) in [6.45, 7) is 5.26. The van der Waals surface area contributed by atoms with Crippen molar-refractivity contribution in [3.8, 4) is 5.75 Å². The number of hydrogen-bond donors (Lipinski definition) is 0. The minimum absolute atomic E-state index is 0.0899. The van der Waals surface area contributed by atoms with Crippen molar-refractivity contribution < 1.29 is 9.53 Å². The first kappa shape index (κ1) is 15.9. The van der Waals surface area contributed by atoms with Gasteiger partial charge < -0.3 is 9.64 Å². The van der Waals surface area contributed by atoms with Gasteiger partial charge in [0, 0.05) is 6.20 Å². The third-order valence-electron chi connectivity index (χ3n) is 3.83. The van der Waals surface area contributed by atoms with E-state index in [0.717, 1.165) is 16.3 Å². The fraction of sp³-hybridized carbons (Fsp3) is 0.333. The number of carbonyl (C=O) groups excluding carboxylic acids is 1. The molecule has 2 aromatic rings. The summed E-state index contributed by atoms with van der Waals surface area (Å²) in [6.07, 6.45) is 1.84. The van der Waals surface area contributed by atoms with Crippen LogP contribution in [0.5, 0.6) is 5.75 Å². The highest BCUT2D eigenvalue weighted by Crippen LogP contribution is 2.26. The van der Waals surface area contributed by atoms with Crippen LogP contribution in [0, 0.1) is 6.92 Å². The van der Waals surface area contributed by atoms with Crippen molar-refractivity contribution in [1.82, 2.24) is 9.88 Å². The normalized spacial score (nSPS) is 15.8. The first-order chi connectivity index (χ1) is 11.1. The van der Waals surface area contributed by atoms with Gasteiger partial charge in [0.2, 0.25) is 5.91 Å². The molecule has 0 spiro atoms. The summed E-state index contributed by atoms with van der Waals surface area (Å²) in [4.78, 5) is 18.5. The fourth-order valence-electron chi connectivity index (χ4n) is 2.47. The minimum Gasteiger partial charge on any atom is -0.486 e. The van der Waals surface area contributed by atoms with Crippen molar-refractivity contribution in [2.24, 2.45) is 0 Å². The van der Waals surface area contributed by atoms with E-state index in [1.807, 2.05) is 61.2 Å². The molecule has 23 heavy (non-hydrogen) atoms. The van der Waals surface area contributed by atoms with Crippen LogP contribution < -0.4 is 4.74 Å². The van der Waals surface area contributed by atoms with Crippen molar-refractivity contribution in [1.29, 1.82) is 0 Å². The molecule has 1 aliphatic rings. The van der Waals surface area contributed by atoms with Crippen LogP contribution in [0.15, 0.2) is 53.7 Å². The highest BCUT2D eigenvalue weighted by molar-refractivity contribution is 8.00. The van der Waals surface area contributed by atoms with Gasteiger partial charge in [-0.25, -0.2) is 4.98 Å². The summed E-state index contributed by atoms with van der Waals surface area (Å²) >= 11 is 1.49. The molecule has 1 atom stereocenters. The second-order valence-corrected chi connectivity index (χ2v) is 7.04. The van der Waals surface area contributed by atoms with Crippen molar-refractivity contribution >= 4 is 17.7 Å². The molecular formula is C18H20N2O2S. The van der Waals surface area contributed by atoms with E-state index >= 15 is 0 Å². The van der Waals surface area contributed by atoms with E-state index in [1.54, 1.807) is 6.20 Å². The van der Waals surface area contributed by atoms with Crippen LogP contribution in [0.4, 0.5) is 0 Å². The quantitative estimate of drug-likeness (QED) is 0.791. The number of hydrogen-bond acceptors (Lipinski definition) is 4. The summed E-state index contributed by atoms with van der Waals surface area (Å²) < 4.78 is 5.95. The molecule has 0 bridgehead atoms. The average Bonchev–Trinajstić information content (AvgIpc) is 2.52. The van der Waals surface area contributed by atoms with Gasteiger partial charge in [0.25, 0.3) is 0 Å². The molecule has 4 nitrogen and oxygen atoms in total. The molecule has 0 N–H and O–H groups in total. The van der Waals surface area contributed by atoms with Gasteiger partial charge in [-0.05, 0) is 37.6 Å². The van der Waals surface area contributed by atoms with Crippen LogP contribution in [0.3, 0.4) is 0 Å². The lowest BCUT2D eigenvalue weighted by Gasteiger charge is -2.40. The molecule has 1 saturated heterocycles. The molecule has 0 saturated carbocycles. The first-order valence-corrected chi connectivity index (χ1v) is 8.60. The van der Waals surface area contributed by atoms with Crippen LogP contribution in [-0.4, -0.2) is 40.2 Å². The molecule has 1 amide bonds. The van der Waals surface area contributed by atoms with E-state index < -0.39 is 0 Å². The molecule has 0 unspecified atom stereocenters. The summed E-state index contributed by atoms with van der Waals surface area (Å²) in [7, 11) is 0.